The van der Waals surface area contributed by atoms with E-state index in [2.05, 4.69) is 19.9 Å². The molecule has 2 N–H and O–H groups in total. The Morgan fingerprint density at radius 1 is 0.667 bits per heavy atom. The van der Waals surface area contributed by atoms with Crippen molar-refractivity contribution < 1.29 is 21.1 Å². The summed E-state index contributed by atoms with van der Waals surface area (Å²) in [6.07, 6.45) is 2.79. The van der Waals surface area contributed by atoms with E-state index in [9.17, 15) is 19.2 Å². The summed E-state index contributed by atoms with van der Waals surface area (Å²) in [5, 5.41) is 0. The Labute approximate surface area is 164 Å². The van der Waals surface area contributed by atoms with Crippen LogP contribution >= 0.6 is 0 Å². The third-order valence-corrected chi connectivity index (χ3v) is 4.06. The molecule has 144 valence electrons. The zero-order valence-electron chi connectivity index (χ0n) is 14.8. The Bertz CT molecular complexity index is 1260. The maximum absolute atomic E-state index is 11.4. The van der Waals surface area contributed by atoms with Crippen LogP contribution in [0.4, 0.5) is 0 Å². The molecule has 4 aromatic rings. The fraction of sp³-hybridized carbons (Fsp3) is 0.286. The van der Waals surface area contributed by atoms with Gasteiger partial charge in [-0.2, -0.15) is 0 Å². The fourth-order valence-electron chi connectivity index (χ4n) is 2.54. The van der Waals surface area contributed by atoms with Gasteiger partial charge in [-0.3, -0.25) is 27.9 Å². The molecule has 0 saturated carbocycles. The second-order valence-corrected chi connectivity index (χ2v) is 5.61. The van der Waals surface area contributed by atoms with Crippen LogP contribution in [0, 0.1) is 0 Å². The molecule has 0 aliphatic rings. The largest absolute Gasteiger partial charge is 2.00 e. The van der Waals surface area contributed by atoms with E-state index < -0.39 is 0 Å². The van der Waals surface area contributed by atoms with Crippen molar-refractivity contribution >= 4 is 22.3 Å². The Morgan fingerprint density at radius 3 is 1.33 bits per heavy atom. The third kappa shape index (κ3) is 3.12. The number of aromatic amines is 2. The number of nitrogens with zero attached hydrogens (tertiary/aromatic N) is 6. The van der Waals surface area contributed by atoms with E-state index in [0.717, 1.165) is 9.13 Å². The molecule has 0 atom stereocenters. The number of hydrogen-bond donors (Lipinski definition) is 2. The average molecular weight is 555 g/mol. The van der Waals surface area contributed by atoms with E-state index in [1.807, 2.05) is 0 Å². The van der Waals surface area contributed by atoms with Crippen molar-refractivity contribution in [3.8, 4) is 0 Å². The van der Waals surface area contributed by atoms with Gasteiger partial charge in [0.2, 0.25) is 0 Å². The summed E-state index contributed by atoms with van der Waals surface area (Å²) in [5.41, 5.74) is 0.0239. The van der Waals surface area contributed by atoms with Gasteiger partial charge in [-0.1, -0.05) is 0 Å². The molecule has 0 spiro atoms. The van der Waals surface area contributed by atoms with Crippen LogP contribution in [-0.4, -0.2) is 38.2 Å². The molecule has 0 aliphatic carbocycles. The normalized spacial score (nSPS) is 10.5. The van der Waals surface area contributed by atoms with Gasteiger partial charge in [0.1, 0.15) is 11.0 Å². The molecule has 0 saturated heterocycles. The molecule has 0 fully saturated rings. The van der Waals surface area contributed by atoms with Gasteiger partial charge in [-0.15, -0.1) is 0 Å². The minimum absolute atomic E-state index is 0. The maximum atomic E-state index is 11.4. The van der Waals surface area contributed by atoms with Gasteiger partial charge in [0, 0.05) is 28.2 Å². The molecule has 27 heavy (non-hydrogen) atoms. The first-order valence-corrected chi connectivity index (χ1v) is 7.44. The summed E-state index contributed by atoms with van der Waals surface area (Å²) in [6, 6.07) is 0. The molecule has 0 bridgehead atoms. The van der Waals surface area contributed by atoms with Crippen molar-refractivity contribution in [2.75, 3.05) is 0 Å². The van der Waals surface area contributed by atoms with E-state index in [4.69, 9.17) is 0 Å². The molecule has 13 heteroatoms. The molecule has 4 aromatic heterocycles. The van der Waals surface area contributed by atoms with Crippen LogP contribution in [0.1, 0.15) is 0 Å². The minimum Gasteiger partial charge on any atom is -0.339 e. The number of hydrogen-bond acceptors (Lipinski definition) is 6. The van der Waals surface area contributed by atoms with E-state index in [1.165, 1.54) is 35.9 Å². The molecule has 12 nitrogen and oxygen atoms in total. The van der Waals surface area contributed by atoms with Gasteiger partial charge in [0.05, 0.1) is 12.7 Å². The van der Waals surface area contributed by atoms with Gasteiger partial charge in [-0.25, -0.2) is 19.6 Å². The molecule has 0 radical (unpaired) electrons. The Balaban J connectivity index is 0.000000187. The van der Waals surface area contributed by atoms with Gasteiger partial charge in [0.25, 0.3) is 11.1 Å². The summed E-state index contributed by atoms with van der Waals surface area (Å²) < 4.78 is 4.74. The quantitative estimate of drug-likeness (QED) is 0.255. The van der Waals surface area contributed by atoms with Crippen molar-refractivity contribution in [2.45, 2.75) is 0 Å². The molecule has 4 rings (SSSR count). The Hall–Kier alpha value is -3.01. The number of H-pyrrole nitrogens is 2. The van der Waals surface area contributed by atoms with E-state index in [1.54, 1.807) is 14.1 Å². The van der Waals surface area contributed by atoms with Crippen molar-refractivity contribution in [3.05, 3.63) is 54.3 Å². The molecule has 0 amide bonds. The van der Waals surface area contributed by atoms with Crippen LogP contribution in [-0.2, 0) is 49.3 Å². The molecule has 0 aliphatic heterocycles. The fourth-order valence-corrected chi connectivity index (χ4v) is 2.54. The third-order valence-electron chi connectivity index (χ3n) is 4.06. The number of aromatic nitrogens is 8. The predicted molar refractivity (Wildman–Crippen MR) is 93.2 cm³/mol. The zero-order chi connectivity index (χ0) is 19.2. The van der Waals surface area contributed by atoms with Crippen LogP contribution in [0.2, 0.25) is 0 Å². The van der Waals surface area contributed by atoms with Crippen LogP contribution in [0.15, 0.2) is 31.8 Å². The summed E-state index contributed by atoms with van der Waals surface area (Å²) >= 11 is 0. The number of rotatable bonds is 0. The first-order valence-electron chi connectivity index (χ1n) is 7.44. The van der Waals surface area contributed by atoms with Crippen molar-refractivity contribution in [1.82, 2.24) is 38.2 Å². The predicted octanol–water partition coefficient (Wildman–Crippen LogP) is -2.08. The van der Waals surface area contributed by atoms with Gasteiger partial charge in [0.15, 0.2) is 11.3 Å². The van der Waals surface area contributed by atoms with Crippen LogP contribution in [0.5, 0.6) is 0 Å². The maximum Gasteiger partial charge on any atom is 2.00 e. The van der Waals surface area contributed by atoms with E-state index in [0.29, 0.717) is 22.3 Å². The van der Waals surface area contributed by atoms with Crippen LogP contribution in [0.3, 0.4) is 0 Å². The molecular formula is C14H16N8O4Pt+2. The smallest absolute Gasteiger partial charge is 0.339 e. The molecular weight excluding hydrogens is 539 g/mol. The number of fused-ring (bicyclic) bond motifs is 2. The summed E-state index contributed by atoms with van der Waals surface area (Å²) in [4.78, 5) is 58.8. The first kappa shape index (κ1) is 20.3. The standard InChI is InChI=1S/2C7H8N4O2.Pt/c2*1-10-5-4(8-3-9-5)6(12)11(2)7(10)13;/h2*3H,1-2H3,(H,8,9);/q;;+2. The van der Waals surface area contributed by atoms with Gasteiger partial charge < -0.3 is 9.97 Å². The molecule has 0 unspecified atom stereocenters. The zero-order valence-corrected chi connectivity index (χ0v) is 17.1. The average Bonchev–Trinajstić information content (AvgIpc) is 3.31. The van der Waals surface area contributed by atoms with E-state index in [-0.39, 0.29) is 43.6 Å². The van der Waals surface area contributed by atoms with Crippen molar-refractivity contribution in [3.63, 3.8) is 0 Å². The molecule has 0 aromatic carbocycles. The second kappa shape index (κ2) is 7.31. The summed E-state index contributed by atoms with van der Waals surface area (Å²) in [7, 11) is 6.02. The van der Waals surface area contributed by atoms with Crippen LogP contribution < -0.4 is 22.5 Å². The first-order chi connectivity index (χ1) is 12.3. The van der Waals surface area contributed by atoms with Crippen LogP contribution in [0.25, 0.3) is 22.3 Å². The second-order valence-electron chi connectivity index (χ2n) is 5.61. The number of aryl methyl sites for hydroxylation is 2. The Morgan fingerprint density at radius 2 is 1.00 bits per heavy atom. The number of nitrogens with one attached hydrogen (secondary N) is 2. The SMILES string of the molecule is Cn1c(=O)c2[nH]cnc2n(C)c1=O.Cn1c(=O)c2[nH]cnc2n(C)c1=O.[Pt+2]. The monoisotopic (exact) mass is 555 g/mol. The topological polar surface area (TPSA) is 145 Å². The summed E-state index contributed by atoms with van der Waals surface area (Å²) in [5.74, 6) is 0. The van der Waals surface area contributed by atoms with Gasteiger partial charge >= 0.3 is 32.4 Å². The summed E-state index contributed by atoms with van der Waals surface area (Å²) in [6.45, 7) is 0. The minimum atomic E-state index is -0.371. The Kier molecular flexibility index (Phi) is 5.50. The van der Waals surface area contributed by atoms with Crippen molar-refractivity contribution in [2.24, 2.45) is 28.2 Å². The number of imidazole rings is 2. The van der Waals surface area contributed by atoms with Gasteiger partial charge in [-0.05, 0) is 0 Å². The van der Waals surface area contributed by atoms with E-state index >= 15 is 0 Å². The molecule has 4 heterocycles. The van der Waals surface area contributed by atoms with Crippen molar-refractivity contribution in [1.29, 1.82) is 0 Å².